The van der Waals surface area contributed by atoms with E-state index in [4.69, 9.17) is 9.84 Å². The second-order valence-corrected chi connectivity index (χ2v) is 4.83. The number of piperidine rings is 1. The molecule has 0 aromatic rings. The SMILES string of the molecule is O=C(O)C1CCN(C(=O)C[C@H]2CCCO2)CC1. The molecule has 0 aromatic heterocycles. The van der Waals surface area contributed by atoms with Gasteiger partial charge in [0.25, 0.3) is 0 Å². The largest absolute Gasteiger partial charge is 0.481 e. The number of carbonyl (C=O) groups excluding carboxylic acids is 1. The van der Waals surface area contributed by atoms with Crippen molar-refractivity contribution in [1.82, 2.24) is 4.90 Å². The van der Waals surface area contributed by atoms with Gasteiger partial charge in [0, 0.05) is 19.7 Å². The van der Waals surface area contributed by atoms with Crippen molar-refractivity contribution in [3.63, 3.8) is 0 Å². The highest BCUT2D eigenvalue weighted by atomic mass is 16.5. The summed E-state index contributed by atoms with van der Waals surface area (Å²) in [6.45, 7) is 1.91. The molecule has 0 radical (unpaired) electrons. The molecule has 0 aromatic carbocycles. The van der Waals surface area contributed by atoms with Gasteiger partial charge in [0.2, 0.25) is 5.91 Å². The third kappa shape index (κ3) is 3.19. The molecule has 2 heterocycles. The molecule has 1 atom stereocenters. The Labute approximate surface area is 101 Å². The molecule has 96 valence electrons. The molecule has 1 N–H and O–H groups in total. The fraction of sp³-hybridized carbons (Fsp3) is 0.833. The summed E-state index contributed by atoms with van der Waals surface area (Å²) in [7, 11) is 0. The minimum absolute atomic E-state index is 0.0831. The lowest BCUT2D eigenvalue weighted by molar-refractivity contribution is -0.146. The van der Waals surface area contributed by atoms with E-state index in [1.807, 2.05) is 0 Å². The van der Waals surface area contributed by atoms with Gasteiger partial charge in [-0.05, 0) is 25.7 Å². The Kier molecular flexibility index (Phi) is 3.99. The summed E-state index contributed by atoms with van der Waals surface area (Å²) in [6, 6.07) is 0. The van der Waals surface area contributed by atoms with Crippen LogP contribution in [0.2, 0.25) is 0 Å². The quantitative estimate of drug-likeness (QED) is 0.796. The number of aliphatic carboxylic acids is 1. The van der Waals surface area contributed by atoms with Gasteiger partial charge >= 0.3 is 5.97 Å². The van der Waals surface area contributed by atoms with Gasteiger partial charge in [-0.25, -0.2) is 0 Å². The van der Waals surface area contributed by atoms with E-state index in [0.717, 1.165) is 19.4 Å². The van der Waals surface area contributed by atoms with Crippen molar-refractivity contribution >= 4 is 11.9 Å². The lowest BCUT2D eigenvalue weighted by atomic mass is 9.97. The van der Waals surface area contributed by atoms with Crippen LogP contribution < -0.4 is 0 Å². The van der Waals surface area contributed by atoms with E-state index >= 15 is 0 Å². The molecule has 0 unspecified atom stereocenters. The molecule has 2 fully saturated rings. The molecule has 0 bridgehead atoms. The van der Waals surface area contributed by atoms with E-state index in [9.17, 15) is 9.59 Å². The summed E-state index contributed by atoms with van der Waals surface area (Å²) >= 11 is 0. The van der Waals surface area contributed by atoms with Gasteiger partial charge in [0.15, 0.2) is 0 Å². The van der Waals surface area contributed by atoms with E-state index in [0.29, 0.717) is 32.4 Å². The minimum atomic E-state index is -0.740. The number of carbonyl (C=O) groups is 2. The topological polar surface area (TPSA) is 66.8 Å². The zero-order valence-electron chi connectivity index (χ0n) is 9.93. The zero-order valence-corrected chi connectivity index (χ0v) is 9.93. The number of carboxylic acids is 1. The lowest BCUT2D eigenvalue weighted by Crippen LogP contribution is -2.41. The van der Waals surface area contributed by atoms with Crippen LogP contribution in [0.4, 0.5) is 0 Å². The maximum atomic E-state index is 11.9. The predicted molar refractivity (Wildman–Crippen MR) is 60.5 cm³/mol. The molecule has 5 nitrogen and oxygen atoms in total. The average Bonchev–Trinajstić information content (AvgIpc) is 2.82. The van der Waals surface area contributed by atoms with Gasteiger partial charge in [-0.3, -0.25) is 9.59 Å². The maximum Gasteiger partial charge on any atom is 0.306 e. The lowest BCUT2D eigenvalue weighted by Gasteiger charge is -2.30. The van der Waals surface area contributed by atoms with Gasteiger partial charge in [-0.1, -0.05) is 0 Å². The maximum absolute atomic E-state index is 11.9. The van der Waals surface area contributed by atoms with Crippen LogP contribution in [0.25, 0.3) is 0 Å². The summed E-state index contributed by atoms with van der Waals surface area (Å²) in [6.07, 6.45) is 3.70. The average molecular weight is 241 g/mol. The molecule has 0 aliphatic carbocycles. The summed E-state index contributed by atoms with van der Waals surface area (Å²) < 4.78 is 5.43. The van der Waals surface area contributed by atoms with Crippen LogP contribution in [0.15, 0.2) is 0 Å². The van der Waals surface area contributed by atoms with Crippen molar-refractivity contribution < 1.29 is 19.4 Å². The van der Waals surface area contributed by atoms with E-state index in [1.54, 1.807) is 4.90 Å². The van der Waals surface area contributed by atoms with E-state index < -0.39 is 5.97 Å². The summed E-state index contributed by atoms with van der Waals surface area (Å²) in [4.78, 5) is 24.5. The third-order valence-electron chi connectivity index (χ3n) is 3.62. The molecule has 2 saturated heterocycles. The van der Waals surface area contributed by atoms with Crippen molar-refractivity contribution in [2.45, 2.75) is 38.2 Å². The fourth-order valence-electron chi connectivity index (χ4n) is 2.51. The standard InChI is InChI=1S/C12H19NO4/c14-11(8-10-2-1-7-17-10)13-5-3-9(4-6-13)12(15)16/h9-10H,1-8H2,(H,15,16)/t10-/m1/s1. The van der Waals surface area contributed by atoms with Gasteiger partial charge < -0.3 is 14.7 Å². The van der Waals surface area contributed by atoms with Gasteiger partial charge in [-0.2, -0.15) is 0 Å². The molecule has 0 saturated carbocycles. The molecule has 1 amide bonds. The smallest absolute Gasteiger partial charge is 0.306 e. The molecule has 5 heteroatoms. The van der Waals surface area contributed by atoms with E-state index in [2.05, 4.69) is 0 Å². The first-order chi connectivity index (χ1) is 8.16. The Morgan fingerprint density at radius 2 is 1.94 bits per heavy atom. The van der Waals surface area contributed by atoms with Crippen LogP contribution in [0.3, 0.4) is 0 Å². The first-order valence-corrected chi connectivity index (χ1v) is 6.29. The summed E-state index contributed by atoms with van der Waals surface area (Å²) in [5.74, 6) is -0.904. The molecule has 0 spiro atoms. The van der Waals surface area contributed by atoms with Gasteiger partial charge in [0.05, 0.1) is 18.4 Å². The van der Waals surface area contributed by atoms with Crippen molar-refractivity contribution in [2.75, 3.05) is 19.7 Å². The monoisotopic (exact) mass is 241 g/mol. The van der Waals surface area contributed by atoms with E-state index in [1.165, 1.54) is 0 Å². The Morgan fingerprint density at radius 1 is 1.24 bits per heavy atom. The van der Waals surface area contributed by atoms with Crippen molar-refractivity contribution in [1.29, 1.82) is 0 Å². The second kappa shape index (κ2) is 5.49. The molecule has 2 rings (SSSR count). The number of ether oxygens (including phenoxy) is 1. The Hall–Kier alpha value is -1.10. The Morgan fingerprint density at radius 3 is 2.47 bits per heavy atom. The summed E-state index contributed by atoms with van der Waals surface area (Å²) in [5.41, 5.74) is 0. The fourth-order valence-corrected chi connectivity index (χ4v) is 2.51. The Balaban J connectivity index is 1.75. The van der Waals surface area contributed by atoms with Crippen molar-refractivity contribution in [2.24, 2.45) is 5.92 Å². The van der Waals surface area contributed by atoms with Crippen molar-refractivity contribution in [3.8, 4) is 0 Å². The van der Waals surface area contributed by atoms with Crippen LogP contribution in [-0.4, -0.2) is 47.7 Å². The number of hydrogen-bond donors (Lipinski definition) is 1. The molecule has 17 heavy (non-hydrogen) atoms. The molecular formula is C12H19NO4. The summed E-state index contributed by atoms with van der Waals surface area (Å²) in [5, 5.41) is 8.87. The number of likely N-dealkylation sites (tertiary alicyclic amines) is 1. The predicted octanol–water partition coefficient (Wildman–Crippen LogP) is 0.879. The van der Waals surface area contributed by atoms with Gasteiger partial charge in [0.1, 0.15) is 0 Å². The minimum Gasteiger partial charge on any atom is -0.481 e. The van der Waals surface area contributed by atoms with Crippen LogP contribution in [-0.2, 0) is 14.3 Å². The van der Waals surface area contributed by atoms with Crippen molar-refractivity contribution in [3.05, 3.63) is 0 Å². The Bertz CT molecular complexity index is 291. The number of rotatable bonds is 3. The highest BCUT2D eigenvalue weighted by molar-refractivity contribution is 5.77. The normalized spacial score (nSPS) is 26.1. The number of nitrogens with zero attached hydrogens (tertiary/aromatic N) is 1. The number of amides is 1. The molecule has 2 aliphatic heterocycles. The number of carboxylic acid groups (broad SMARTS) is 1. The molecular weight excluding hydrogens is 222 g/mol. The molecule has 2 aliphatic rings. The zero-order chi connectivity index (χ0) is 12.3. The van der Waals surface area contributed by atoms with Crippen LogP contribution in [0.5, 0.6) is 0 Å². The van der Waals surface area contributed by atoms with Crippen LogP contribution >= 0.6 is 0 Å². The van der Waals surface area contributed by atoms with Crippen LogP contribution in [0, 0.1) is 5.92 Å². The van der Waals surface area contributed by atoms with Gasteiger partial charge in [-0.15, -0.1) is 0 Å². The second-order valence-electron chi connectivity index (χ2n) is 4.83. The highest BCUT2D eigenvalue weighted by Gasteiger charge is 2.28. The third-order valence-corrected chi connectivity index (χ3v) is 3.62. The number of hydrogen-bond acceptors (Lipinski definition) is 3. The first-order valence-electron chi connectivity index (χ1n) is 6.29. The van der Waals surface area contributed by atoms with E-state index in [-0.39, 0.29) is 17.9 Å². The highest BCUT2D eigenvalue weighted by Crippen LogP contribution is 2.21. The van der Waals surface area contributed by atoms with Crippen LogP contribution in [0.1, 0.15) is 32.1 Å². The first kappa shape index (κ1) is 12.4.